The van der Waals surface area contributed by atoms with Gasteiger partial charge in [0.2, 0.25) is 11.0 Å². The van der Waals surface area contributed by atoms with Crippen molar-refractivity contribution >= 4 is 40.3 Å². The molecule has 2 aromatic heterocycles. The standard InChI is InChI=1S/C16H14N6O3S/c23-13(20-17-10-12-7-4-8-25-12)9-14-21-22-16(26-14)19-15(24)18-11-5-2-1-3-6-11/h1-8,10H,9H2,(H,20,23)(H2,18,19,22,24). The second kappa shape index (κ2) is 8.53. The number of carbonyl (C=O) groups is 2. The first-order valence-corrected chi connectivity index (χ1v) is 8.31. The largest absolute Gasteiger partial charge is 0.463 e. The molecule has 0 aliphatic rings. The third-order valence-corrected chi connectivity index (χ3v) is 3.79. The Hall–Kier alpha value is -3.53. The van der Waals surface area contributed by atoms with Crippen LogP contribution in [-0.2, 0) is 11.2 Å². The molecule has 3 rings (SSSR count). The van der Waals surface area contributed by atoms with Gasteiger partial charge in [-0.05, 0) is 24.3 Å². The van der Waals surface area contributed by atoms with E-state index in [1.807, 2.05) is 18.2 Å². The van der Waals surface area contributed by atoms with Crippen LogP contribution in [0.15, 0.2) is 58.2 Å². The highest BCUT2D eigenvalue weighted by molar-refractivity contribution is 7.15. The number of nitrogens with zero attached hydrogens (tertiary/aromatic N) is 3. The lowest BCUT2D eigenvalue weighted by molar-refractivity contribution is -0.120. The van der Waals surface area contributed by atoms with E-state index in [1.54, 1.807) is 24.3 Å². The van der Waals surface area contributed by atoms with Crippen LogP contribution in [0.1, 0.15) is 10.8 Å². The number of nitrogens with one attached hydrogen (secondary N) is 3. The van der Waals surface area contributed by atoms with Crippen LogP contribution in [0.5, 0.6) is 0 Å². The number of carbonyl (C=O) groups excluding carboxylic acids is 2. The number of hydrogen-bond acceptors (Lipinski definition) is 7. The molecule has 3 amide bonds. The first-order chi connectivity index (χ1) is 12.7. The minimum absolute atomic E-state index is 0.00482. The second-order valence-electron chi connectivity index (χ2n) is 4.93. The minimum Gasteiger partial charge on any atom is -0.463 e. The van der Waals surface area contributed by atoms with E-state index in [1.165, 1.54) is 12.5 Å². The van der Waals surface area contributed by atoms with Crippen LogP contribution < -0.4 is 16.1 Å². The Balaban J connectivity index is 1.46. The highest BCUT2D eigenvalue weighted by Crippen LogP contribution is 2.16. The predicted octanol–water partition coefficient (Wildman–Crippen LogP) is 2.47. The molecule has 0 radical (unpaired) electrons. The molecule has 9 nitrogen and oxygen atoms in total. The van der Waals surface area contributed by atoms with E-state index >= 15 is 0 Å². The monoisotopic (exact) mass is 370 g/mol. The van der Waals surface area contributed by atoms with Gasteiger partial charge in [0.15, 0.2) is 0 Å². The average molecular weight is 370 g/mol. The van der Waals surface area contributed by atoms with Crippen molar-refractivity contribution in [2.75, 3.05) is 10.6 Å². The Bertz CT molecular complexity index is 892. The summed E-state index contributed by atoms with van der Waals surface area (Å²) >= 11 is 1.11. The lowest BCUT2D eigenvalue weighted by Gasteiger charge is -2.03. The summed E-state index contributed by atoms with van der Waals surface area (Å²) in [6, 6.07) is 12.0. The van der Waals surface area contributed by atoms with Gasteiger partial charge in [-0.15, -0.1) is 10.2 Å². The molecule has 0 fully saturated rings. The fourth-order valence-corrected chi connectivity index (χ4v) is 2.60. The number of para-hydroxylation sites is 1. The summed E-state index contributed by atoms with van der Waals surface area (Å²) in [6.45, 7) is 0. The number of benzene rings is 1. The molecule has 0 unspecified atom stereocenters. The number of aromatic nitrogens is 2. The molecule has 0 saturated carbocycles. The van der Waals surface area contributed by atoms with Crippen molar-refractivity contribution in [3.05, 3.63) is 59.5 Å². The Labute approximate surface area is 152 Å². The molecular weight excluding hydrogens is 356 g/mol. The summed E-state index contributed by atoms with van der Waals surface area (Å²) in [6.07, 6.45) is 2.89. The molecular formula is C16H14N6O3S. The molecule has 10 heteroatoms. The molecule has 2 heterocycles. The number of furan rings is 1. The minimum atomic E-state index is -0.439. The maximum atomic E-state index is 11.9. The van der Waals surface area contributed by atoms with E-state index in [-0.39, 0.29) is 12.3 Å². The van der Waals surface area contributed by atoms with Gasteiger partial charge in [0.05, 0.1) is 18.9 Å². The SMILES string of the molecule is O=C(Cc1nnc(NC(=O)Nc2ccccc2)s1)NN=Cc1ccco1. The van der Waals surface area contributed by atoms with Gasteiger partial charge in [0.25, 0.3) is 0 Å². The van der Waals surface area contributed by atoms with Crippen molar-refractivity contribution in [1.82, 2.24) is 15.6 Å². The number of amides is 3. The van der Waals surface area contributed by atoms with Crippen LogP contribution in [0.4, 0.5) is 15.6 Å². The first kappa shape index (κ1) is 17.3. The molecule has 3 aromatic rings. The van der Waals surface area contributed by atoms with Crippen LogP contribution in [-0.4, -0.2) is 28.4 Å². The van der Waals surface area contributed by atoms with Gasteiger partial charge in [0, 0.05) is 5.69 Å². The van der Waals surface area contributed by atoms with Gasteiger partial charge in [-0.2, -0.15) is 5.10 Å². The summed E-state index contributed by atoms with van der Waals surface area (Å²) in [4.78, 5) is 23.7. The van der Waals surface area contributed by atoms with E-state index in [0.717, 1.165) is 11.3 Å². The van der Waals surface area contributed by atoms with Crippen molar-refractivity contribution in [2.24, 2.45) is 5.10 Å². The smallest absolute Gasteiger partial charge is 0.325 e. The molecule has 26 heavy (non-hydrogen) atoms. The number of urea groups is 1. The molecule has 0 saturated heterocycles. The fraction of sp³-hybridized carbons (Fsp3) is 0.0625. The fourth-order valence-electron chi connectivity index (χ4n) is 1.87. The lowest BCUT2D eigenvalue weighted by Crippen LogP contribution is -2.19. The quantitative estimate of drug-likeness (QED) is 0.454. The molecule has 132 valence electrons. The van der Waals surface area contributed by atoms with Crippen LogP contribution in [0.2, 0.25) is 0 Å². The van der Waals surface area contributed by atoms with Gasteiger partial charge in [-0.1, -0.05) is 29.5 Å². The van der Waals surface area contributed by atoms with Gasteiger partial charge in [-0.3, -0.25) is 10.1 Å². The molecule has 0 aliphatic carbocycles. The second-order valence-corrected chi connectivity index (χ2v) is 5.99. The van der Waals surface area contributed by atoms with Crippen molar-refractivity contribution in [2.45, 2.75) is 6.42 Å². The highest BCUT2D eigenvalue weighted by atomic mass is 32.1. The molecule has 0 bridgehead atoms. The maximum Gasteiger partial charge on any atom is 0.325 e. The number of rotatable bonds is 6. The molecule has 0 spiro atoms. The van der Waals surface area contributed by atoms with Crippen molar-refractivity contribution in [3.63, 3.8) is 0 Å². The highest BCUT2D eigenvalue weighted by Gasteiger charge is 2.11. The number of hydrazone groups is 1. The van der Waals surface area contributed by atoms with Crippen molar-refractivity contribution in [3.8, 4) is 0 Å². The van der Waals surface area contributed by atoms with Crippen LogP contribution in [0, 0.1) is 0 Å². The summed E-state index contributed by atoms with van der Waals surface area (Å²) < 4.78 is 5.05. The third-order valence-electron chi connectivity index (χ3n) is 2.95. The Morgan fingerprint density at radius 1 is 1.12 bits per heavy atom. The third kappa shape index (κ3) is 5.24. The molecule has 1 aromatic carbocycles. The number of anilines is 2. The maximum absolute atomic E-state index is 11.9. The molecule has 0 atom stereocenters. The van der Waals surface area contributed by atoms with Crippen LogP contribution in [0.25, 0.3) is 0 Å². The van der Waals surface area contributed by atoms with Crippen LogP contribution >= 0.6 is 11.3 Å². The Morgan fingerprint density at radius 3 is 2.73 bits per heavy atom. The molecule has 3 N–H and O–H groups in total. The van der Waals surface area contributed by atoms with Crippen LogP contribution in [0.3, 0.4) is 0 Å². The van der Waals surface area contributed by atoms with Crippen molar-refractivity contribution in [1.29, 1.82) is 0 Å². The zero-order valence-corrected chi connectivity index (χ0v) is 14.2. The van der Waals surface area contributed by atoms with E-state index in [9.17, 15) is 9.59 Å². The van der Waals surface area contributed by atoms with Gasteiger partial charge in [-0.25, -0.2) is 10.2 Å². The van der Waals surface area contributed by atoms with Gasteiger partial charge < -0.3 is 9.73 Å². The summed E-state index contributed by atoms with van der Waals surface area (Å²) in [5, 5.41) is 17.4. The first-order valence-electron chi connectivity index (χ1n) is 7.50. The predicted molar refractivity (Wildman–Crippen MR) is 97.1 cm³/mol. The number of hydrogen-bond donors (Lipinski definition) is 3. The van der Waals surface area contributed by atoms with Gasteiger partial charge >= 0.3 is 6.03 Å². The lowest BCUT2D eigenvalue weighted by atomic mass is 10.3. The zero-order chi connectivity index (χ0) is 18.2. The summed E-state index contributed by atoms with van der Waals surface area (Å²) in [7, 11) is 0. The van der Waals surface area contributed by atoms with E-state index in [2.05, 4.69) is 31.4 Å². The van der Waals surface area contributed by atoms with E-state index in [0.29, 0.717) is 21.6 Å². The average Bonchev–Trinajstić information content (AvgIpc) is 3.28. The summed E-state index contributed by atoms with van der Waals surface area (Å²) in [5.74, 6) is 0.168. The van der Waals surface area contributed by atoms with E-state index in [4.69, 9.17) is 4.42 Å². The topological polar surface area (TPSA) is 122 Å². The summed E-state index contributed by atoms with van der Waals surface area (Å²) in [5.41, 5.74) is 3.02. The molecule has 0 aliphatic heterocycles. The Morgan fingerprint density at radius 2 is 1.96 bits per heavy atom. The van der Waals surface area contributed by atoms with E-state index < -0.39 is 6.03 Å². The van der Waals surface area contributed by atoms with Crippen molar-refractivity contribution < 1.29 is 14.0 Å². The Kier molecular flexibility index (Phi) is 5.68. The normalized spacial score (nSPS) is 10.6. The zero-order valence-electron chi connectivity index (χ0n) is 13.4. The van der Waals surface area contributed by atoms with Gasteiger partial charge in [0.1, 0.15) is 10.8 Å².